The molecule has 1 fully saturated rings. The van der Waals surface area contributed by atoms with Crippen LogP contribution in [0.1, 0.15) is 63.5 Å². The van der Waals surface area contributed by atoms with Crippen molar-refractivity contribution in [3.63, 3.8) is 0 Å². The summed E-state index contributed by atoms with van der Waals surface area (Å²) in [6.07, 6.45) is 5.47. The van der Waals surface area contributed by atoms with Crippen LogP contribution in [0, 0.1) is 6.92 Å². The van der Waals surface area contributed by atoms with Crippen molar-refractivity contribution in [1.29, 1.82) is 0 Å². The lowest BCUT2D eigenvalue weighted by atomic mass is 9.91. The lowest BCUT2D eigenvalue weighted by Crippen LogP contribution is -2.62. The summed E-state index contributed by atoms with van der Waals surface area (Å²) in [4.78, 5) is 27.7. The van der Waals surface area contributed by atoms with Crippen molar-refractivity contribution < 1.29 is 14.0 Å². The summed E-state index contributed by atoms with van der Waals surface area (Å²) < 4.78 is 5.90. The zero-order valence-corrected chi connectivity index (χ0v) is 16.1. The topological polar surface area (TPSA) is 74.6 Å². The van der Waals surface area contributed by atoms with Crippen molar-refractivity contribution in [2.24, 2.45) is 0 Å². The Bertz CT molecular complexity index is 954. The fourth-order valence-electron chi connectivity index (χ4n) is 4.85. The molecule has 3 aliphatic rings. The van der Waals surface area contributed by atoms with Gasteiger partial charge in [0.2, 0.25) is 0 Å². The molecular formula is C22H25N3O3. The van der Waals surface area contributed by atoms with Crippen LogP contribution >= 0.6 is 0 Å². The molecule has 1 spiro atoms. The molecule has 2 aliphatic heterocycles. The third kappa shape index (κ3) is 2.70. The zero-order chi connectivity index (χ0) is 19.3. The molecule has 0 bridgehead atoms. The highest BCUT2D eigenvalue weighted by Gasteiger charge is 2.41. The number of hydrogen-bond donors (Lipinski definition) is 2. The van der Waals surface area contributed by atoms with Crippen LogP contribution < -0.4 is 10.6 Å². The third-order valence-corrected chi connectivity index (χ3v) is 6.36. The van der Waals surface area contributed by atoms with Gasteiger partial charge < -0.3 is 20.0 Å². The van der Waals surface area contributed by atoms with Gasteiger partial charge in [0.05, 0.1) is 11.1 Å². The van der Waals surface area contributed by atoms with Gasteiger partial charge in [-0.2, -0.15) is 0 Å². The summed E-state index contributed by atoms with van der Waals surface area (Å²) in [7, 11) is 0. The van der Waals surface area contributed by atoms with Gasteiger partial charge in [-0.15, -0.1) is 0 Å². The van der Waals surface area contributed by atoms with Crippen molar-refractivity contribution in [3.8, 4) is 0 Å². The number of fused-ring (bicyclic) bond motifs is 2. The first-order valence-corrected chi connectivity index (χ1v) is 10.2. The van der Waals surface area contributed by atoms with Gasteiger partial charge in [0.25, 0.3) is 11.8 Å². The molecule has 3 heterocycles. The lowest BCUT2D eigenvalue weighted by molar-refractivity contribution is 0.0637. The van der Waals surface area contributed by atoms with E-state index < -0.39 is 5.66 Å². The van der Waals surface area contributed by atoms with E-state index in [0.29, 0.717) is 31.5 Å². The maximum absolute atomic E-state index is 13.2. The number of aryl methyl sites for hydroxylation is 2. The first-order valence-electron chi connectivity index (χ1n) is 10.2. The third-order valence-electron chi connectivity index (χ3n) is 6.36. The maximum atomic E-state index is 13.2. The Morgan fingerprint density at radius 1 is 1.11 bits per heavy atom. The van der Waals surface area contributed by atoms with Crippen LogP contribution in [0.4, 0.5) is 5.69 Å². The molecule has 6 heteroatoms. The predicted octanol–water partition coefficient (Wildman–Crippen LogP) is 3.25. The van der Waals surface area contributed by atoms with Gasteiger partial charge in [-0.05, 0) is 38.3 Å². The number of hydrogen-bond acceptors (Lipinski definition) is 4. The Morgan fingerprint density at radius 2 is 1.86 bits per heavy atom. The minimum atomic E-state index is -0.479. The maximum Gasteiger partial charge on any atom is 0.257 e. The molecule has 0 unspecified atom stereocenters. The molecule has 5 rings (SSSR count). The van der Waals surface area contributed by atoms with E-state index in [1.165, 1.54) is 0 Å². The first-order chi connectivity index (χ1) is 13.6. The molecule has 1 aromatic carbocycles. The number of carbonyl (C=O) groups excluding carboxylic acids is 2. The molecule has 28 heavy (non-hydrogen) atoms. The average Bonchev–Trinajstić information content (AvgIpc) is 3.04. The zero-order valence-electron chi connectivity index (χ0n) is 16.1. The number of nitrogens with one attached hydrogen (secondary N) is 2. The van der Waals surface area contributed by atoms with Crippen LogP contribution in [0.25, 0.3) is 0 Å². The van der Waals surface area contributed by atoms with Crippen molar-refractivity contribution in [2.45, 2.75) is 51.1 Å². The number of para-hydroxylation sites is 1. The number of benzene rings is 1. The van der Waals surface area contributed by atoms with E-state index in [9.17, 15) is 9.59 Å². The van der Waals surface area contributed by atoms with Gasteiger partial charge in [-0.1, -0.05) is 12.1 Å². The Hall–Kier alpha value is -2.76. The van der Waals surface area contributed by atoms with Crippen molar-refractivity contribution in [2.75, 3.05) is 18.4 Å². The highest BCUT2D eigenvalue weighted by molar-refractivity contribution is 6.02. The summed E-state index contributed by atoms with van der Waals surface area (Å²) in [6, 6.07) is 7.57. The van der Waals surface area contributed by atoms with Gasteiger partial charge in [-0.25, -0.2) is 0 Å². The van der Waals surface area contributed by atoms with Crippen LogP contribution in [0.2, 0.25) is 0 Å². The summed E-state index contributed by atoms with van der Waals surface area (Å²) in [5.41, 5.74) is 2.95. The lowest BCUT2D eigenvalue weighted by Gasteiger charge is -2.45. The molecule has 0 saturated carbocycles. The molecule has 0 radical (unpaired) electrons. The number of furan rings is 1. The molecule has 1 saturated heterocycles. The number of piperidine rings is 1. The van der Waals surface area contributed by atoms with Crippen molar-refractivity contribution >= 4 is 17.5 Å². The second-order valence-corrected chi connectivity index (χ2v) is 8.14. The quantitative estimate of drug-likeness (QED) is 0.798. The predicted molar refractivity (Wildman–Crippen MR) is 105 cm³/mol. The van der Waals surface area contributed by atoms with E-state index in [4.69, 9.17) is 4.42 Å². The number of carbonyl (C=O) groups is 2. The van der Waals surface area contributed by atoms with Gasteiger partial charge in [0, 0.05) is 43.6 Å². The molecule has 2 amide bonds. The molecular weight excluding hydrogens is 354 g/mol. The van der Waals surface area contributed by atoms with Crippen LogP contribution in [-0.2, 0) is 12.8 Å². The van der Waals surface area contributed by atoms with Crippen molar-refractivity contribution in [3.05, 3.63) is 52.5 Å². The van der Waals surface area contributed by atoms with Gasteiger partial charge in [0.1, 0.15) is 17.2 Å². The SMILES string of the molecule is Cc1oc2c(c1C(=O)N1CCC3(CC1)NC(=O)c1ccccc1N3)CCCC2. The smallest absolute Gasteiger partial charge is 0.257 e. The van der Waals surface area contributed by atoms with Crippen LogP contribution in [0.15, 0.2) is 28.7 Å². The second kappa shape index (κ2) is 6.40. The van der Waals surface area contributed by atoms with Gasteiger partial charge in [-0.3, -0.25) is 9.59 Å². The summed E-state index contributed by atoms with van der Waals surface area (Å²) in [5, 5.41) is 6.65. The number of likely N-dealkylation sites (tertiary alicyclic amines) is 1. The van der Waals surface area contributed by atoms with Gasteiger partial charge >= 0.3 is 0 Å². The van der Waals surface area contributed by atoms with E-state index in [-0.39, 0.29) is 11.8 Å². The number of amides is 2. The summed E-state index contributed by atoms with van der Waals surface area (Å²) >= 11 is 0. The minimum Gasteiger partial charge on any atom is -0.465 e. The van der Waals surface area contributed by atoms with E-state index in [2.05, 4.69) is 10.6 Å². The van der Waals surface area contributed by atoms with E-state index in [1.54, 1.807) is 0 Å². The molecule has 2 aromatic rings. The largest absolute Gasteiger partial charge is 0.465 e. The Kier molecular flexibility index (Phi) is 3.96. The van der Waals surface area contributed by atoms with Crippen LogP contribution in [0.5, 0.6) is 0 Å². The van der Waals surface area contributed by atoms with E-state index in [1.807, 2.05) is 36.1 Å². The molecule has 6 nitrogen and oxygen atoms in total. The van der Waals surface area contributed by atoms with Crippen LogP contribution in [0.3, 0.4) is 0 Å². The average molecular weight is 379 g/mol. The minimum absolute atomic E-state index is 0.0473. The van der Waals surface area contributed by atoms with E-state index in [0.717, 1.165) is 54.0 Å². The molecule has 1 aromatic heterocycles. The molecule has 146 valence electrons. The summed E-state index contributed by atoms with van der Waals surface area (Å²) in [6.45, 7) is 3.11. The Morgan fingerprint density at radius 3 is 2.68 bits per heavy atom. The normalized spacial score (nSPS) is 20.2. The number of nitrogens with zero attached hydrogens (tertiary/aromatic N) is 1. The van der Waals surface area contributed by atoms with E-state index >= 15 is 0 Å². The molecule has 2 N–H and O–H groups in total. The number of rotatable bonds is 1. The fourth-order valence-corrected chi connectivity index (χ4v) is 4.85. The summed E-state index contributed by atoms with van der Waals surface area (Å²) in [5.74, 6) is 1.77. The standard InChI is InChI=1S/C22H25N3O3/c1-14-19(16-7-3-5-9-18(16)28-14)21(27)25-12-10-22(11-13-25)23-17-8-4-2-6-15(17)20(26)24-22/h2,4,6,8,23H,3,5,7,9-13H2,1H3,(H,24,26). The molecule has 1 aliphatic carbocycles. The molecule has 0 atom stereocenters. The highest BCUT2D eigenvalue weighted by atomic mass is 16.3. The highest BCUT2D eigenvalue weighted by Crippen LogP contribution is 2.34. The van der Waals surface area contributed by atoms with Crippen molar-refractivity contribution in [1.82, 2.24) is 10.2 Å². The Labute approximate surface area is 164 Å². The monoisotopic (exact) mass is 379 g/mol. The number of anilines is 1. The fraction of sp³-hybridized carbons (Fsp3) is 0.455. The van der Waals surface area contributed by atoms with Crippen LogP contribution in [-0.4, -0.2) is 35.5 Å². The second-order valence-electron chi connectivity index (χ2n) is 8.14. The first kappa shape index (κ1) is 17.3. The van der Waals surface area contributed by atoms with Gasteiger partial charge in [0.15, 0.2) is 0 Å². The Balaban J connectivity index is 1.34.